The first-order chi connectivity index (χ1) is 30.3. The van der Waals surface area contributed by atoms with E-state index in [0.29, 0.717) is 9.75 Å². The van der Waals surface area contributed by atoms with Crippen molar-refractivity contribution >= 4 is 46.0 Å². The molecule has 3 aliphatic carbocycles. The summed E-state index contributed by atoms with van der Waals surface area (Å²) in [5.74, 6) is -15.9. The van der Waals surface area contributed by atoms with Gasteiger partial charge in [-0.05, 0) is 151 Å². The average Bonchev–Trinajstić information content (AvgIpc) is 3.77. The average molecular weight is 929 g/mol. The van der Waals surface area contributed by atoms with Crippen LogP contribution in [0.5, 0.6) is 0 Å². The van der Waals surface area contributed by atoms with Crippen molar-refractivity contribution in [2.75, 3.05) is 0 Å². The zero-order chi connectivity index (χ0) is 48.1. The molecule has 0 N–H and O–H groups in total. The molecule has 8 heteroatoms. The van der Waals surface area contributed by atoms with E-state index in [9.17, 15) is 0 Å². The van der Waals surface area contributed by atoms with Crippen molar-refractivity contribution in [1.82, 2.24) is 0 Å². The summed E-state index contributed by atoms with van der Waals surface area (Å²) in [7, 11) is 0. The highest BCUT2D eigenvalue weighted by Gasteiger charge is 2.80. The molecule has 3 aliphatic rings. The standard InChI is InChI=1S/C57H66F6S2/c1-37(19-13-21-39(3)29-31-49-41(5)25-17-33-53(49,9)10)23-15-27-45-35-47(43(7)64-45)51-52(56(60,61)57(62,63)55(51,58)59)48-36-46(65-44(48)8)28-16-24-38(2)20-14-22-40(4)30-32-50-42(6)26-18-34-54(50,11)12/h13-16,19-24,27-32,35-36H,17-18,25-26,33-34H2,1-12H3/b19-13+,20-14+,27-15+,28-16+,31-29+,32-30+,37-23+,38-24+,39-21+,40-22+. The van der Waals surface area contributed by atoms with Crippen LogP contribution in [-0.2, 0) is 0 Å². The zero-order valence-electron chi connectivity index (χ0n) is 40.2. The molecule has 0 amide bonds. The van der Waals surface area contributed by atoms with Gasteiger partial charge in [-0.15, -0.1) is 22.7 Å². The maximum Gasteiger partial charge on any atom is 0.380 e. The maximum absolute atomic E-state index is 15.8. The quantitative estimate of drug-likeness (QED) is 0.131. The Morgan fingerprint density at radius 3 is 1.18 bits per heavy atom. The molecule has 2 aromatic heterocycles. The lowest BCUT2D eigenvalue weighted by Crippen LogP contribution is -2.48. The highest BCUT2D eigenvalue weighted by atomic mass is 32.1. The normalized spacial score (nSPS) is 22.1. The lowest BCUT2D eigenvalue weighted by atomic mass is 9.72. The molecular formula is C57H66F6S2. The summed E-state index contributed by atoms with van der Waals surface area (Å²) in [6.45, 7) is 24.5. The maximum atomic E-state index is 15.8. The van der Waals surface area contributed by atoms with Gasteiger partial charge >= 0.3 is 17.8 Å². The Kier molecular flexibility index (Phi) is 16.4. The summed E-state index contributed by atoms with van der Waals surface area (Å²) in [5, 5.41) is 0. The Bertz CT molecular complexity index is 2360. The predicted octanol–water partition coefficient (Wildman–Crippen LogP) is 19.3. The SMILES string of the molecule is CC1=C(/C=C/C(C)=C/C=C/C(C)=C/C=C/c2cc(C3=C(c4cc(/C=C/C=C(C)/C=C/C=C(C)/C=C/C5=C(C)CCCC5(C)C)sc4C)C(F)(F)C(F)(F)C3(F)F)c(C)s2)C(C)(C)CCC1. The molecular weight excluding hydrogens is 863 g/mol. The molecule has 0 bridgehead atoms. The van der Waals surface area contributed by atoms with E-state index in [2.05, 4.69) is 65.8 Å². The molecule has 5 rings (SSSR count). The van der Waals surface area contributed by atoms with Crippen LogP contribution in [0.15, 0.2) is 142 Å². The summed E-state index contributed by atoms with van der Waals surface area (Å²) >= 11 is 2.17. The van der Waals surface area contributed by atoms with E-state index in [0.717, 1.165) is 57.8 Å². The topological polar surface area (TPSA) is 0 Å². The summed E-state index contributed by atoms with van der Waals surface area (Å²) in [4.78, 5) is 1.43. The second kappa shape index (κ2) is 20.6. The molecule has 0 nitrogen and oxygen atoms in total. The minimum Gasteiger partial charge on any atom is -0.194 e. The van der Waals surface area contributed by atoms with Gasteiger partial charge in [0.25, 0.3) is 0 Å². The molecule has 0 saturated carbocycles. The Morgan fingerprint density at radius 2 is 0.831 bits per heavy atom. The van der Waals surface area contributed by atoms with E-state index in [1.807, 2.05) is 76.3 Å². The highest BCUT2D eigenvalue weighted by Crippen LogP contribution is 2.66. The zero-order valence-corrected chi connectivity index (χ0v) is 41.9. The van der Waals surface area contributed by atoms with Crippen LogP contribution in [0.2, 0.25) is 0 Å². The molecule has 0 aliphatic heterocycles. The number of allylic oxidation sites excluding steroid dienone is 24. The third-order valence-electron chi connectivity index (χ3n) is 12.9. The number of hydrogen-bond donors (Lipinski definition) is 0. The molecule has 0 saturated heterocycles. The van der Waals surface area contributed by atoms with Gasteiger partial charge in [-0.3, -0.25) is 0 Å². The van der Waals surface area contributed by atoms with Crippen molar-refractivity contribution in [3.63, 3.8) is 0 Å². The Hall–Kier alpha value is -4.40. The highest BCUT2D eigenvalue weighted by molar-refractivity contribution is 7.13. The third kappa shape index (κ3) is 11.8. The monoisotopic (exact) mass is 928 g/mol. The molecule has 0 fully saturated rings. The number of aryl methyl sites for hydroxylation is 2. The van der Waals surface area contributed by atoms with E-state index >= 15 is 26.3 Å². The van der Waals surface area contributed by atoms with Gasteiger partial charge in [-0.25, -0.2) is 0 Å². The Morgan fingerprint density at radius 1 is 0.492 bits per heavy atom. The number of thiophene rings is 2. The van der Waals surface area contributed by atoms with Crippen molar-refractivity contribution in [2.24, 2.45) is 10.8 Å². The second-order valence-corrected chi connectivity index (χ2v) is 21.9. The van der Waals surface area contributed by atoms with Gasteiger partial charge < -0.3 is 0 Å². The van der Waals surface area contributed by atoms with Crippen LogP contribution in [0, 0.1) is 24.7 Å². The van der Waals surface area contributed by atoms with Gasteiger partial charge in [0.15, 0.2) is 0 Å². The lowest BCUT2D eigenvalue weighted by Gasteiger charge is -2.33. The van der Waals surface area contributed by atoms with E-state index < -0.39 is 28.9 Å². The van der Waals surface area contributed by atoms with Gasteiger partial charge in [0.1, 0.15) is 0 Å². The largest absolute Gasteiger partial charge is 0.380 e. The summed E-state index contributed by atoms with van der Waals surface area (Å²) in [6.07, 6.45) is 38.1. The molecule has 0 radical (unpaired) electrons. The van der Waals surface area contributed by atoms with Crippen molar-refractivity contribution < 1.29 is 26.3 Å². The lowest BCUT2D eigenvalue weighted by molar-refractivity contribution is -0.254. The summed E-state index contributed by atoms with van der Waals surface area (Å²) in [6, 6.07) is 2.62. The molecule has 0 atom stereocenters. The fraction of sp³-hybridized carbons (Fsp3) is 0.404. The number of halogens is 6. The first-order valence-corrected chi connectivity index (χ1v) is 24.2. The van der Waals surface area contributed by atoms with Crippen LogP contribution < -0.4 is 0 Å². The minimum atomic E-state index is -5.63. The third-order valence-corrected chi connectivity index (χ3v) is 14.9. The molecule has 2 heterocycles. The number of rotatable bonds is 14. The van der Waals surface area contributed by atoms with Gasteiger partial charge in [0, 0.05) is 30.7 Å². The Balaban J connectivity index is 1.34. The molecule has 65 heavy (non-hydrogen) atoms. The van der Waals surface area contributed by atoms with E-state index in [-0.39, 0.29) is 31.7 Å². The van der Waals surface area contributed by atoms with Gasteiger partial charge in [-0.1, -0.05) is 146 Å². The smallest absolute Gasteiger partial charge is 0.194 e. The van der Waals surface area contributed by atoms with Crippen LogP contribution >= 0.6 is 22.7 Å². The van der Waals surface area contributed by atoms with Crippen LogP contribution in [0.4, 0.5) is 26.3 Å². The van der Waals surface area contributed by atoms with Crippen LogP contribution in [0.1, 0.15) is 138 Å². The Labute approximate surface area is 393 Å². The first kappa shape index (κ1) is 51.6. The van der Waals surface area contributed by atoms with E-state index in [1.165, 1.54) is 74.0 Å². The number of hydrogen-bond acceptors (Lipinski definition) is 2. The fourth-order valence-corrected chi connectivity index (χ4v) is 11.0. The van der Waals surface area contributed by atoms with Gasteiger partial charge in [-0.2, -0.15) is 26.3 Å². The number of alkyl halides is 6. The van der Waals surface area contributed by atoms with E-state index in [4.69, 9.17) is 0 Å². The molecule has 0 unspecified atom stereocenters. The van der Waals surface area contributed by atoms with Crippen molar-refractivity contribution in [3.05, 3.63) is 172 Å². The fourth-order valence-electron chi connectivity index (χ4n) is 9.07. The molecule has 348 valence electrons. The van der Waals surface area contributed by atoms with Crippen molar-refractivity contribution in [1.29, 1.82) is 0 Å². The van der Waals surface area contributed by atoms with Crippen LogP contribution in [0.3, 0.4) is 0 Å². The van der Waals surface area contributed by atoms with Gasteiger partial charge in [0.2, 0.25) is 0 Å². The summed E-state index contributed by atoms with van der Waals surface area (Å²) in [5.41, 5.74) is 6.79. The molecule has 0 spiro atoms. The summed E-state index contributed by atoms with van der Waals surface area (Å²) < 4.78 is 93.8. The van der Waals surface area contributed by atoms with Crippen molar-refractivity contribution in [3.8, 4) is 0 Å². The van der Waals surface area contributed by atoms with Crippen molar-refractivity contribution in [2.45, 2.75) is 139 Å². The first-order valence-electron chi connectivity index (χ1n) is 22.6. The molecule has 0 aromatic carbocycles. The minimum absolute atomic E-state index is 0.164. The second-order valence-electron chi connectivity index (χ2n) is 19.3. The van der Waals surface area contributed by atoms with E-state index in [1.54, 1.807) is 24.3 Å². The van der Waals surface area contributed by atoms with Crippen LogP contribution in [-0.4, -0.2) is 17.8 Å². The van der Waals surface area contributed by atoms with Gasteiger partial charge in [0.05, 0.1) is 0 Å². The van der Waals surface area contributed by atoms with Crippen LogP contribution in [0.25, 0.3) is 23.3 Å². The molecule has 2 aromatic rings. The predicted molar refractivity (Wildman–Crippen MR) is 270 cm³/mol.